The van der Waals surface area contributed by atoms with Crippen LogP contribution in [-0.4, -0.2) is 30.4 Å². The number of hydrogen-bond acceptors (Lipinski definition) is 5. The van der Waals surface area contributed by atoms with Gasteiger partial charge in [0.1, 0.15) is 11.3 Å². The quantitative estimate of drug-likeness (QED) is 0.706. The second-order valence-electron chi connectivity index (χ2n) is 6.63. The molecule has 4 rings (SSSR count). The van der Waals surface area contributed by atoms with Crippen molar-refractivity contribution in [2.24, 2.45) is 0 Å². The smallest absolute Gasteiger partial charge is 0.336 e. The molecule has 1 saturated heterocycles. The van der Waals surface area contributed by atoms with Crippen LogP contribution in [0.25, 0.3) is 21.9 Å². The molecule has 0 bridgehead atoms. The number of halogens is 1. The predicted octanol–water partition coefficient (Wildman–Crippen LogP) is 3.61. The van der Waals surface area contributed by atoms with Crippen molar-refractivity contribution in [1.82, 2.24) is 4.90 Å². The van der Waals surface area contributed by atoms with E-state index in [0.29, 0.717) is 34.5 Å². The highest BCUT2D eigenvalue weighted by molar-refractivity contribution is 6.13. The first kappa shape index (κ1) is 18.5. The van der Waals surface area contributed by atoms with Crippen molar-refractivity contribution in [3.63, 3.8) is 0 Å². The molecule has 0 unspecified atom stereocenters. The molecule has 1 aliphatic heterocycles. The number of amides is 1. The van der Waals surface area contributed by atoms with Gasteiger partial charge in [0.15, 0.2) is 5.58 Å². The van der Waals surface area contributed by atoms with E-state index in [9.17, 15) is 9.59 Å². The van der Waals surface area contributed by atoms with E-state index in [1.54, 1.807) is 6.92 Å². The summed E-state index contributed by atoms with van der Waals surface area (Å²) in [5.74, 6) is 0.515. The summed E-state index contributed by atoms with van der Waals surface area (Å²) in [6.45, 7) is 5.93. The number of nitrogens with zero attached hydrogens (tertiary/aromatic N) is 1. The number of aryl methyl sites for hydroxylation is 2. The zero-order valence-corrected chi connectivity index (χ0v) is 15.6. The van der Waals surface area contributed by atoms with Crippen LogP contribution in [0.3, 0.4) is 0 Å². The minimum atomic E-state index is -0.411. The van der Waals surface area contributed by atoms with Gasteiger partial charge in [0.05, 0.1) is 17.6 Å². The van der Waals surface area contributed by atoms with E-state index in [2.05, 4.69) is 10.2 Å². The highest BCUT2D eigenvalue weighted by atomic mass is 35.5. The molecule has 0 saturated carbocycles. The van der Waals surface area contributed by atoms with Gasteiger partial charge < -0.3 is 14.2 Å². The summed E-state index contributed by atoms with van der Waals surface area (Å²) < 4.78 is 11.2. The Morgan fingerprint density at radius 3 is 2.65 bits per heavy atom. The number of rotatable bonds is 3. The molecule has 0 radical (unpaired) electrons. The monoisotopic (exact) mass is 376 g/mol. The summed E-state index contributed by atoms with van der Waals surface area (Å²) in [4.78, 5) is 26.4. The molecule has 3 aromatic rings. The van der Waals surface area contributed by atoms with Crippen molar-refractivity contribution in [2.75, 3.05) is 25.0 Å². The number of nitrogens with one attached hydrogen (secondary N) is 1. The number of hydrogen-bond donors (Lipinski definition) is 1. The fraction of sp³-hybridized carbons (Fsp3) is 0.368. The van der Waals surface area contributed by atoms with Crippen LogP contribution in [0.4, 0.5) is 5.69 Å². The minimum Gasteiger partial charge on any atom is -0.459 e. The molecule has 1 fully saturated rings. The topological polar surface area (TPSA) is 75.7 Å². The maximum absolute atomic E-state index is 12.4. The number of furan rings is 1. The zero-order valence-electron chi connectivity index (χ0n) is 14.8. The van der Waals surface area contributed by atoms with Crippen LogP contribution >= 0.6 is 12.4 Å². The number of fused-ring (bicyclic) bond motifs is 3. The third kappa shape index (κ3) is 3.22. The molecule has 0 atom stereocenters. The van der Waals surface area contributed by atoms with E-state index < -0.39 is 5.63 Å². The third-order valence-electron chi connectivity index (χ3n) is 4.78. The molecule has 1 aliphatic rings. The molecule has 3 heterocycles. The van der Waals surface area contributed by atoms with E-state index in [1.807, 2.05) is 19.1 Å². The van der Waals surface area contributed by atoms with Crippen molar-refractivity contribution in [2.45, 2.75) is 26.7 Å². The standard InChI is InChI=1S/C19H20N2O4.ClH/c1-11-9-16(23)25-19-13(11)5-6-14-17(19)18(12(2)24-14)20-15(22)10-21-7-3-4-8-21;/h5-6,9H,3-4,7-8,10H2,1-2H3,(H,20,22);1H. The molecule has 0 aliphatic carbocycles. The molecule has 0 spiro atoms. The molecular formula is C19H21ClN2O4. The van der Waals surface area contributed by atoms with E-state index in [1.165, 1.54) is 6.07 Å². The fourth-order valence-corrected chi connectivity index (χ4v) is 3.55. The lowest BCUT2D eigenvalue weighted by Crippen LogP contribution is -2.30. The van der Waals surface area contributed by atoms with E-state index >= 15 is 0 Å². The predicted molar refractivity (Wildman–Crippen MR) is 103 cm³/mol. The first-order valence-corrected chi connectivity index (χ1v) is 8.52. The van der Waals surface area contributed by atoms with E-state index in [4.69, 9.17) is 8.83 Å². The van der Waals surface area contributed by atoms with Crippen molar-refractivity contribution in [1.29, 1.82) is 0 Å². The minimum absolute atomic E-state index is 0. The van der Waals surface area contributed by atoms with Crippen LogP contribution in [0, 0.1) is 13.8 Å². The first-order chi connectivity index (χ1) is 12.0. The number of anilines is 1. The van der Waals surface area contributed by atoms with Gasteiger partial charge in [-0.15, -0.1) is 12.4 Å². The average Bonchev–Trinajstić information content (AvgIpc) is 3.15. The van der Waals surface area contributed by atoms with Gasteiger partial charge in [-0.25, -0.2) is 4.79 Å². The van der Waals surface area contributed by atoms with E-state index in [-0.39, 0.29) is 18.3 Å². The van der Waals surface area contributed by atoms with Gasteiger partial charge in [-0.3, -0.25) is 9.69 Å². The normalized spacial score (nSPS) is 14.7. The van der Waals surface area contributed by atoms with Crippen LogP contribution in [0.5, 0.6) is 0 Å². The Kier molecular flexibility index (Phi) is 5.07. The van der Waals surface area contributed by atoms with Crippen LogP contribution in [0.1, 0.15) is 24.2 Å². The summed E-state index contributed by atoms with van der Waals surface area (Å²) >= 11 is 0. The second kappa shape index (κ2) is 7.13. The molecule has 138 valence electrons. The molecular weight excluding hydrogens is 356 g/mol. The highest BCUT2D eigenvalue weighted by Crippen LogP contribution is 2.36. The Balaban J connectivity index is 0.00000196. The summed E-state index contributed by atoms with van der Waals surface area (Å²) in [6.07, 6.45) is 2.27. The lowest BCUT2D eigenvalue weighted by Gasteiger charge is -2.14. The Morgan fingerprint density at radius 1 is 1.19 bits per heavy atom. The maximum Gasteiger partial charge on any atom is 0.336 e. The lowest BCUT2D eigenvalue weighted by atomic mass is 10.1. The fourth-order valence-electron chi connectivity index (χ4n) is 3.55. The van der Waals surface area contributed by atoms with Gasteiger partial charge >= 0.3 is 5.63 Å². The summed E-state index contributed by atoms with van der Waals surface area (Å²) in [7, 11) is 0. The molecule has 2 aromatic heterocycles. The van der Waals surface area contributed by atoms with Crippen LogP contribution in [0.2, 0.25) is 0 Å². The van der Waals surface area contributed by atoms with Gasteiger partial charge in [-0.1, -0.05) is 0 Å². The van der Waals surface area contributed by atoms with Crippen molar-refractivity contribution in [3.05, 3.63) is 39.9 Å². The Bertz CT molecular complexity index is 1030. The van der Waals surface area contributed by atoms with Gasteiger partial charge in [-0.2, -0.15) is 0 Å². The zero-order chi connectivity index (χ0) is 17.6. The van der Waals surface area contributed by atoms with Gasteiger partial charge in [-0.05, 0) is 57.5 Å². The summed E-state index contributed by atoms with van der Waals surface area (Å²) in [6, 6.07) is 5.18. The first-order valence-electron chi connectivity index (χ1n) is 8.52. The Morgan fingerprint density at radius 2 is 1.92 bits per heavy atom. The number of likely N-dealkylation sites (tertiary alicyclic amines) is 1. The molecule has 1 N–H and O–H groups in total. The number of benzene rings is 1. The SMILES string of the molecule is Cc1oc2ccc3c(C)cc(=O)oc3c2c1NC(=O)CN1CCCC1.Cl. The number of carbonyl (C=O) groups excluding carboxylic acids is 1. The summed E-state index contributed by atoms with van der Waals surface area (Å²) in [5.41, 5.74) is 2.05. The summed E-state index contributed by atoms with van der Waals surface area (Å²) in [5, 5.41) is 4.43. The Hall–Kier alpha value is -2.31. The van der Waals surface area contributed by atoms with Crippen molar-refractivity contribution >= 4 is 45.9 Å². The Labute approximate surface area is 156 Å². The van der Waals surface area contributed by atoms with Crippen LogP contribution < -0.4 is 10.9 Å². The van der Waals surface area contributed by atoms with Gasteiger partial charge in [0, 0.05) is 11.5 Å². The highest BCUT2D eigenvalue weighted by Gasteiger charge is 2.21. The third-order valence-corrected chi connectivity index (χ3v) is 4.78. The molecule has 6 nitrogen and oxygen atoms in total. The second-order valence-corrected chi connectivity index (χ2v) is 6.63. The molecule has 1 aromatic carbocycles. The lowest BCUT2D eigenvalue weighted by molar-refractivity contribution is -0.117. The molecule has 7 heteroatoms. The van der Waals surface area contributed by atoms with Crippen molar-refractivity contribution in [3.8, 4) is 0 Å². The maximum atomic E-state index is 12.4. The van der Waals surface area contributed by atoms with Crippen molar-refractivity contribution < 1.29 is 13.6 Å². The average molecular weight is 377 g/mol. The molecule has 1 amide bonds. The van der Waals surface area contributed by atoms with Crippen LogP contribution in [-0.2, 0) is 4.79 Å². The van der Waals surface area contributed by atoms with Crippen LogP contribution in [0.15, 0.2) is 31.8 Å². The van der Waals surface area contributed by atoms with Gasteiger partial charge in [0.25, 0.3) is 0 Å². The van der Waals surface area contributed by atoms with E-state index in [0.717, 1.165) is 36.9 Å². The largest absolute Gasteiger partial charge is 0.459 e. The van der Waals surface area contributed by atoms with Gasteiger partial charge in [0.2, 0.25) is 5.91 Å². The number of carbonyl (C=O) groups is 1. The molecule has 26 heavy (non-hydrogen) atoms.